The Kier molecular flexibility index (Phi) is 3.11. The van der Waals surface area contributed by atoms with Crippen LogP contribution in [0, 0.1) is 0 Å². The summed E-state index contributed by atoms with van der Waals surface area (Å²) in [5.41, 5.74) is 7.64. The Labute approximate surface area is 108 Å². The van der Waals surface area contributed by atoms with Gasteiger partial charge in [0.2, 0.25) is 0 Å². The topological polar surface area (TPSA) is 53.0 Å². The number of rotatable bonds is 2. The maximum absolute atomic E-state index is 12.1. The number of nitrogens with two attached hydrogens (primary N) is 1. The number of halogens is 1. The third kappa shape index (κ3) is 1.80. The molecule has 0 unspecified atom stereocenters. The zero-order chi connectivity index (χ0) is 12.6. The second-order valence-corrected chi connectivity index (χ2v) is 4.66. The number of hydrogen-bond donors (Lipinski definition) is 1. The van der Waals surface area contributed by atoms with Crippen LogP contribution >= 0.6 is 15.9 Å². The molecular weight excluding hydrogens is 282 g/mol. The summed E-state index contributed by atoms with van der Waals surface area (Å²) >= 11 is 3.44. The molecule has 0 amide bonds. The lowest BCUT2D eigenvalue weighted by molar-refractivity contribution is 0.617. The van der Waals surface area contributed by atoms with Crippen LogP contribution in [0.25, 0.3) is 5.69 Å². The molecule has 2 rings (SSSR count). The van der Waals surface area contributed by atoms with Crippen LogP contribution in [0.5, 0.6) is 0 Å². The molecule has 4 nitrogen and oxygen atoms in total. The standard InChI is InChI=1S/C12H14BrN3O/c1-3-9-11(14)12(17)16(15(9)2)10-7-5-4-6-8(10)13/h4-7H,3,14H2,1-2H3. The maximum atomic E-state index is 12.1. The minimum absolute atomic E-state index is 0.170. The zero-order valence-corrected chi connectivity index (χ0v) is 11.4. The van der Waals surface area contributed by atoms with Crippen molar-refractivity contribution in [3.05, 3.63) is 44.8 Å². The summed E-state index contributed by atoms with van der Waals surface area (Å²) in [5.74, 6) is 0. The van der Waals surface area contributed by atoms with E-state index < -0.39 is 0 Å². The van der Waals surface area contributed by atoms with E-state index in [1.807, 2.05) is 38.2 Å². The Morgan fingerprint density at radius 3 is 2.53 bits per heavy atom. The summed E-state index contributed by atoms with van der Waals surface area (Å²) in [6.07, 6.45) is 0.731. The molecule has 0 aliphatic heterocycles. The minimum Gasteiger partial charge on any atom is -0.393 e. The molecule has 0 aliphatic rings. The van der Waals surface area contributed by atoms with E-state index >= 15 is 0 Å². The fraction of sp³-hybridized carbons (Fsp3) is 0.250. The molecule has 1 aromatic heterocycles. The van der Waals surface area contributed by atoms with Crippen molar-refractivity contribution in [3.8, 4) is 5.69 Å². The van der Waals surface area contributed by atoms with Crippen molar-refractivity contribution in [1.82, 2.24) is 9.36 Å². The van der Waals surface area contributed by atoms with Gasteiger partial charge in [0.15, 0.2) is 0 Å². The van der Waals surface area contributed by atoms with Crippen LogP contribution in [0.3, 0.4) is 0 Å². The van der Waals surface area contributed by atoms with E-state index in [-0.39, 0.29) is 5.56 Å². The van der Waals surface area contributed by atoms with E-state index in [0.29, 0.717) is 5.69 Å². The molecule has 0 saturated carbocycles. The van der Waals surface area contributed by atoms with Gasteiger partial charge in [-0.15, -0.1) is 0 Å². The van der Waals surface area contributed by atoms with Crippen LogP contribution in [0.1, 0.15) is 12.6 Å². The highest BCUT2D eigenvalue weighted by Crippen LogP contribution is 2.21. The molecule has 2 N–H and O–H groups in total. The Morgan fingerprint density at radius 1 is 1.35 bits per heavy atom. The number of aromatic nitrogens is 2. The molecule has 1 aromatic carbocycles. The van der Waals surface area contributed by atoms with Crippen LogP contribution in [0.15, 0.2) is 33.5 Å². The lowest BCUT2D eigenvalue weighted by Crippen LogP contribution is -2.21. The summed E-state index contributed by atoms with van der Waals surface area (Å²) < 4.78 is 4.25. The maximum Gasteiger partial charge on any atom is 0.294 e. The van der Waals surface area contributed by atoms with E-state index in [4.69, 9.17) is 5.73 Å². The van der Waals surface area contributed by atoms with Crippen molar-refractivity contribution < 1.29 is 0 Å². The van der Waals surface area contributed by atoms with Gasteiger partial charge in [0.25, 0.3) is 5.56 Å². The molecular formula is C12H14BrN3O. The number of nitrogens with zero attached hydrogens (tertiary/aromatic N) is 2. The molecule has 1 heterocycles. The van der Waals surface area contributed by atoms with Gasteiger partial charge in [-0.05, 0) is 34.5 Å². The molecule has 2 aromatic rings. The van der Waals surface area contributed by atoms with Crippen molar-refractivity contribution in [2.45, 2.75) is 13.3 Å². The van der Waals surface area contributed by atoms with Crippen LogP contribution in [0.4, 0.5) is 5.69 Å². The lowest BCUT2D eigenvalue weighted by Gasteiger charge is -2.10. The molecule has 5 heteroatoms. The fourth-order valence-corrected chi connectivity index (χ4v) is 2.44. The summed E-state index contributed by atoms with van der Waals surface area (Å²) in [6, 6.07) is 7.58. The van der Waals surface area contributed by atoms with Gasteiger partial charge in [0.1, 0.15) is 5.69 Å². The van der Waals surface area contributed by atoms with E-state index in [9.17, 15) is 4.79 Å². The van der Waals surface area contributed by atoms with Gasteiger partial charge in [0.05, 0.1) is 11.4 Å². The quantitative estimate of drug-likeness (QED) is 0.922. The van der Waals surface area contributed by atoms with Crippen molar-refractivity contribution in [3.63, 3.8) is 0 Å². The van der Waals surface area contributed by atoms with Gasteiger partial charge in [-0.2, -0.15) is 0 Å². The predicted molar refractivity (Wildman–Crippen MR) is 72.5 cm³/mol. The Balaban J connectivity index is 2.78. The lowest BCUT2D eigenvalue weighted by atomic mass is 10.3. The third-order valence-corrected chi connectivity index (χ3v) is 3.51. The van der Waals surface area contributed by atoms with E-state index in [2.05, 4.69) is 15.9 Å². The van der Waals surface area contributed by atoms with E-state index in [0.717, 1.165) is 22.3 Å². The minimum atomic E-state index is -0.170. The molecule has 17 heavy (non-hydrogen) atoms. The van der Waals surface area contributed by atoms with E-state index in [1.54, 1.807) is 9.36 Å². The highest BCUT2D eigenvalue weighted by Gasteiger charge is 2.16. The molecule has 90 valence electrons. The molecule has 0 bridgehead atoms. The average Bonchev–Trinajstić information content (AvgIpc) is 2.52. The smallest absolute Gasteiger partial charge is 0.294 e. The van der Waals surface area contributed by atoms with Gasteiger partial charge in [-0.25, -0.2) is 4.68 Å². The first-order chi connectivity index (χ1) is 8.07. The summed E-state index contributed by atoms with van der Waals surface area (Å²) in [5, 5.41) is 0. The number of nitrogen functional groups attached to an aromatic ring is 1. The number of benzene rings is 1. The van der Waals surface area contributed by atoms with Crippen molar-refractivity contribution in [1.29, 1.82) is 0 Å². The Hall–Kier alpha value is -1.49. The number of para-hydroxylation sites is 1. The first-order valence-electron chi connectivity index (χ1n) is 5.39. The van der Waals surface area contributed by atoms with Gasteiger partial charge < -0.3 is 5.73 Å². The fourth-order valence-electron chi connectivity index (χ4n) is 1.98. The highest BCUT2D eigenvalue weighted by atomic mass is 79.9. The molecule has 0 spiro atoms. The summed E-state index contributed by atoms with van der Waals surface area (Å²) in [7, 11) is 1.84. The predicted octanol–water partition coefficient (Wildman–Crippen LogP) is 2.08. The van der Waals surface area contributed by atoms with Crippen molar-refractivity contribution in [2.24, 2.45) is 7.05 Å². The third-order valence-electron chi connectivity index (χ3n) is 2.84. The SMILES string of the molecule is CCc1c(N)c(=O)n(-c2ccccc2Br)n1C. The molecule has 0 radical (unpaired) electrons. The van der Waals surface area contributed by atoms with E-state index in [1.165, 1.54) is 0 Å². The monoisotopic (exact) mass is 295 g/mol. The van der Waals surface area contributed by atoms with Crippen molar-refractivity contribution >= 4 is 21.6 Å². The molecule has 0 saturated heterocycles. The zero-order valence-electron chi connectivity index (χ0n) is 9.77. The molecule has 0 fully saturated rings. The number of hydrogen-bond acceptors (Lipinski definition) is 2. The van der Waals surface area contributed by atoms with Gasteiger partial charge in [-0.1, -0.05) is 19.1 Å². The van der Waals surface area contributed by atoms with Crippen LogP contribution in [-0.2, 0) is 13.5 Å². The Morgan fingerprint density at radius 2 is 2.00 bits per heavy atom. The number of anilines is 1. The normalized spacial score (nSPS) is 10.8. The average molecular weight is 296 g/mol. The molecule has 0 atom stereocenters. The van der Waals surface area contributed by atoms with Gasteiger partial charge in [0, 0.05) is 11.5 Å². The summed E-state index contributed by atoms with van der Waals surface area (Å²) in [6.45, 7) is 1.98. The Bertz CT molecular complexity index is 613. The largest absolute Gasteiger partial charge is 0.393 e. The highest BCUT2D eigenvalue weighted by molar-refractivity contribution is 9.10. The second-order valence-electron chi connectivity index (χ2n) is 3.81. The van der Waals surface area contributed by atoms with Crippen LogP contribution in [-0.4, -0.2) is 9.36 Å². The van der Waals surface area contributed by atoms with Crippen LogP contribution < -0.4 is 11.3 Å². The summed E-state index contributed by atoms with van der Waals surface area (Å²) in [4.78, 5) is 12.1. The van der Waals surface area contributed by atoms with Crippen LogP contribution in [0.2, 0.25) is 0 Å². The van der Waals surface area contributed by atoms with Gasteiger partial charge in [-0.3, -0.25) is 9.48 Å². The second kappa shape index (κ2) is 4.41. The van der Waals surface area contributed by atoms with Crippen molar-refractivity contribution in [2.75, 3.05) is 5.73 Å². The first-order valence-corrected chi connectivity index (χ1v) is 6.18. The van der Waals surface area contributed by atoms with Gasteiger partial charge >= 0.3 is 0 Å². The first kappa shape index (κ1) is 12.0. The molecule has 0 aliphatic carbocycles.